The number of anilines is 2. The molecule has 33 heavy (non-hydrogen) atoms. The van der Waals surface area contributed by atoms with Crippen molar-refractivity contribution in [1.29, 1.82) is 0 Å². The van der Waals surface area contributed by atoms with E-state index in [4.69, 9.17) is 0 Å². The van der Waals surface area contributed by atoms with E-state index in [9.17, 15) is 14.4 Å². The first kappa shape index (κ1) is 21.8. The summed E-state index contributed by atoms with van der Waals surface area (Å²) in [4.78, 5) is 51.0. The largest absolute Gasteiger partial charge is 0.349 e. The van der Waals surface area contributed by atoms with Gasteiger partial charge in [0.1, 0.15) is 22.7 Å². The van der Waals surface area contributed by atoms with E-state index in [1.165, 1.54) is 6.33 Å². The van der Waals surface area contributed by atoms with Gasteiger partial charge in [-0.25, -0.2) is 9.97 Å². The van der Waals surface area contributed by atoms with Gasteiger partial charge in [0.2, 0.25) is 5.91 Å². The fourth-order valence-electron chi connectivity index (χ4n) is 5.22. The Balaban J connectivity index is 1.57. The van der Waals surface area contributed by atoms with E-state index < -0.39 is 5.54 Å². The van der Waals surface area contributed by atoms with Crippen molar-refractivity contribution < 1.29 is 9.59 Å². The van der Waals surface area contributed by atoms with Crippen molar-refractivity contribution in [3.05, 3.63) is 44.4 Å². The lowest BCUT2D eigenvalue weighted by Crippen LogP contribution is -2.34. The fraction of sp³-hybridized carbons (Fsp3) is 0.458. The first-order chi connectivity index (χ1) is 15.6. The third kappa shape index (κ3) is 3.37. The fourth-order valence-corrected chi connectivity index (χ4v) is 6.49. The van der Waals surface area contributed by atoms with E-state index in [0.717, 1.165) is 39.1 Å². The summed E-state index contributed by atoms with van der Waals surface area (Å²) in [5.74, 6) is 0.725. The molecule has 0 aromatic carbocycles. The number of hydrogen-bond acceptors (Lipinski definition) is 7. The summed E-state index contributed by atoms with van der Waals surface area (Å²) < 4.78 is 1.62. The Labute approximate surface area is 195 Å². The summed E-state index contributed by atoms with van der Waals surface area (Å²) in [5, 5.41) is 4.18. The smallest absolute Gasteiger partial charge is 0.275 e. The van der Waals surface area contributed by atoms with Gasteiger partial charge in [-0.1, -0.05) is 0 Å². The standard InChI is InChI=1S/C24H27N5O3S/c1-12-8-15(23(32)29-19(12)16(30)10-24(29,2)3)27-20-18-14-7-6-13(22(31)28(4)5)9-17(14)33-21(18)26-11-25-20/h8,11,13H,6-7,9-10H2,1-5H3,(H,25,26,27)/t13-/m0/s1. The summed E-state index contributed by atoms with van der Waals surface area (Å²) in [7, 11) is 3.59. The predicted molar refractivity (Wildman–Crippen MR) is 129 cm³/mol. The van der Waals surface area contributed by atoms with Crippen molar-refractivity contribution in [2.24, 2.45) is 5.92 Å². The maximum atomic E-state index is 13.4. The summed E-state index contributed by atoms with van der Waals surface area (Å²) in [6.07, 6.45) is 4.06. The normalized spacial score (nSPS) is 18.8. The molecule has 0 saturated heterocycles. The molecule has 0 fully saturated rings. The molecule has 1 aliphatic heterocycles. The summed E-state index contributed by atoms with van der Waals surface area (Å²) in [6, 6.07) is 1.74. The number of thiophene rings is 1. The number of amides is 1. The molecule has 0 radical (unpaired) electrons. The van der Waals surface area contributed by atoms with Crippen LogP contribution in [0, 0.1) is 12.8 Å². The average Bonchev–Trinajstić information content (AvgIpc) is 3.24. The quantitative estimate of drug-likeness (QED) is 0.637. The van der Waals surface area contributed by atoms with Gasteiger partial charge >= 0.3 is 0 Å². The third-order valence-electron chi connectivity index (χ3n) is 6.74. The highest BCUT2D eigenvalue weighted by molar-refractivity contribution is 7.19. The molecule has 5 rings (SSSR count). The van der Waals surface area contributed by atoms with Crippen molar-refractivity contribution in [2.45, 2.75) is 52.0 Å². The molecule has 9 heteroatoms. The predicted octanol–water partition coefficient (Wildman–Crippen LogP) is 3.42. The molecule has 8 nitrogen and oxygen atoms in total. The van der Waals surface area contributed by atoms with Crippen LogP contribution in [-0.2, 0) is 23.2 Å². The minimum absolute atomic E-state index is 0.000642. The number of hydrogen-bond donors (Lipinski definition) is 1. The van der Waals surface area contributed by atoms with Crippen LogP contribution >= 0.6 is 11.3 Å². The van der Waals surface area contributed by atoms with Gasteiger partial charge in [0.15, 0.2) is 5.78 Å². The van der Waals surface area contributed by atoms with Crippen molar-refractivity contribution in [3.8, 4) is 0 Å². The molecule has 1 atom stereocenters. The molecule has 172 valence electrons. The molecule has 3 aromatic rings. The summed E-state index contributed by atoms with van der Waals surface area (Å²) in [6.45, 7) is 5.69. The van der Waals surface area contributed by atoms with Gasteiger partial charge in [-0.05, 0) is 57.2 Å². The molecule has 0 bridgehead atoms. The van der Waals surface area contributed by atoms with Gasteiger partial charge in [-0.3, -0.25) is 19.0 Å². The van der Waals surface area contributed by atoms with Gasteiger partial charge in [-0.2, -0.15) is 0 Å². The number of aromatic nitrogens is 3. The Bertz CT molecular complexity index is 1380. The molecule has 2 aliphatic rings. The maximum absolute atomic E-state index is 13.4. The Morgan fingerprint density at radius 3 is 2.76 bits per heavy atom. The molecular formula is C24H27N5O3S. The molecule has 1 aliphatic carbocycles. The highest BCUT2D eigenvalue weighted by Gasteiger charge is 2.38. The number of ketones is 1. The van der Waals surface area contributed by atoms with Crippen LogP contribution in [0.15, 0.2) is 17.2 Å². The second-order valence-corrected chi connectivity index (χ2v) is 10.9. The summed E-state index contributed by atoms with van der Waals surface area (Å²) in [5.41, 5.74) is 2.04. The maximum Gasteiger partial charge on any atom is 0.275 e. The summed E-state index contributed by atoms with van der Waals surface area (Å²) >= 11 is 1.59. The van der Waals surface area contributed by atoms with Gasteiger partial charge in [-0.15, -0.1) is 11.3 Å². The number of pyridine rings is 1. The molecule has 0 spiro atoms. The lowest BCUT2D eigenvalue weighted by Gasteiger charge is -2.24. The molecule has 3 aromatic heterocycles. The molecule has 0 unspecified atom stereocenters. The second kappa shape index (κ2) is 7.48. The monoisotopic (exact) mass is 465 g/mol. The molecule has 4 heterocycles. The van der Waals surface area contributed by atoms with Crippen molar-refractivity contribution in [2.75, 3.05) is 19.4 Å². The van der Waals surface area contributed by atoms with Crippen LogP contribution in [0.5, 0.6) is 0 Å². The first-order valence-corrected chi connectivity index (χ1v) is 11.9. The highest BCUT2D eigenvalue weighted by Crippen LogP contribution is 2.41. The lowest BCUT2D eigenvalue weighted by molar-refractivity contribution is -0.133. The number of aryl methyl sites for hydroxylation is 2. The van der Waals surface area contributed by atoms with Crippen molar-refractivity contribution >= 4 is 44.7 Å². The van der Waals surface area contributed by atoms with Gasteiger partial charge in [0.05, 0.1) is 16.6 Å². The van der Waals surface area contributed by atoms with Gasteiger partial charge in [0.25, 0.3) is 5.56 Å². The van der Waals surface area contributed by atoms with Crippen molar-refractivity contribution in [1.82, 2.24) is 19.4 Å². The number of fused-ring (bicyclic) bond motifs is 4. The Morgan fingerprint density at radius 2 is 2.03 bits per heavy atom. The molecular weight excluding hydrogens is 438 g/mol. The van der Waals surface area contributed by atoms with E-state index in [1.54, 1.807) is 41.0 Å². The van der Waals surface area contributed by atoms with E-state index in [0.29, 0.717) is 30.0 Å². The minimum Gasteiger partial charge on any atom is -0.349 e. The number of carbonyl (C=O) groups excluding carboxylic acids is 2. The zero-order chi connectivity index (χ0) is 23.7. The van der Waals surface area contributed by atoms with Crippen LogP contribution in [0.1, 0.15) is 53.2 Å². The van der Waals surface area contributed by atoms with Crippen LogP contribution in [0.3, 0.4) is 0 Å². The highest BCUT2D eigenvalue weighted by atomic mass is 32.1. The van der Waals surface area contributed by atoms with Crippen LogP contribution in [0.4, 0.5) is 11.5 Å². The zero-order valence-electron chi connectivity index (χ0n) is 19.5. The second-order valence-electron chi connectivity index (χ2n) is 9.85. The Hall–Kier alpha value is -3.07. The van der Waals surface area contributed by atoms with E-state index in [-0.39, 0.29) is 23.2 Å². The number of nitrogens with one attached hydrogen (secondary N) is 1. The SMILES string of the molecule is Cc1cc(Nc2ncnc3sc4c(c23)CC[C@H](C(=O)N(C)C)C4)c(=O)n2c1C(=O)CC2(C)C. The minimum atomic E-state index is -0.567. The van der Waals surface area contributed by atoms with Crippen LogP contribution in [-0.4, -0.2) is 45.2 Å². The van der Waals surface area contributed by atoms with E-state index in [1.807, 2.05) is 20.8 Å². The third-order valence-corrected chi connectivity index (χ3v) is 7.90. The lowest BCUT2D eigenvalue weighted by atomic mass is 9.87. The van der Waals surface area contributed by atoms with Crippen LogP contribution < -0.4 is 10.9 Å². The van der Waals surface area contributed by atoms with Gasteiger partial charge < -0.3 is 10.2 Å². The number of Topliss-reactive ketones (excluding diaryl/α,β-unsaturated/α-hetero) is 1. The molecule has 1 amide bonds. The average molecular weight is 466 g/mol. The van der Waals surface area contributed by atoms with E-state index >= 15 is 0 Å². The van der Waals surface area contributed by atoms with Crippen LogP contribution in [0.2, 0.25) is 0 Å². The number of carbonyl (C=O) groups is 2. The zero-order valence-corrected chi connectivity index (χ0v) is 20.3. The molecule has 0 saturated carbocycles. The van der Waals surface area contributed by atoms with E-state index in [2.05, 4.69) is 15.3 Å². The Kier molecular flexibility index (Phi) is 4.93. The van der Waals surface area contributed by atoms with Crippen LogP contribution in [0.25, 0.3) is 10.2 Å². The number of nitrogens with zero attached hydrogens (tertiary/aromatic N) is 4. The molecule has 1 N–H and O–H groups in total. The van der Waals surface area contributed by atoms with Gasteiger partial charge in [0, 0.05) is 31.3 Å². The first-order valence-electron chi connectivity index (χ1n) is 11.1. The van der Waals surface area contributed by atoms with Crippen molar-refractivity contribution in [3.63, 3.8) is 0 Å². The topological polar surface area (TPSA) is 97.2 Å². The number of rotatable bonds is 3. The Morgan fingerprint density at radius 1 is 1.27 bits per heavy atom.